The molecule has 8 heteroatoms. The van der Waals surface area contributed by atoms with E-state index < -0.39 is 5.91 Å². The first kappa shape index (κ1) is 13.2. The van der Waals surface area contributed by atoms with Crippen LogP contribution in [-0.4, -0.2) is 21.1 Å². The Morgan fingerprint density at radius 1 is 1.20 bits per heavy atom. The Kier molecular flexibility index (Phi) is 3.52. The maximum atomic E-state index is 12.1. The zero-order valence-electron chi connectivity index (χ0n) is 9.80. The molecule has 0 spiro atoms. The maximum Gasteiger partial charge on any atom is 0.258 e. The summed E-state index contributed by atoms with van der Waals surface area (Å²) in [5.74, 6) is -0.393. The summed E-state index contributed by atoms with van der Waals surface area (Å²) in [5, 5.41) is 10.0. The number of rotatable bonds is 2. The van der Waals surface area contributed by atoms with Gasteiger partial charge in [-0.15, -0.1) is 21.5 Å². The molecule has 0 fully saturated rings. The fourth-order valence-corrected chi connectivity index (χ4v) is 2.68. The van der Waals surface area contributed by atoms with Gasteiger partial charge in [-0.1, -0.05) is 23.2 Å². The number of thiazole rings is 1. The Morgan fingerprint density at radius 3 is 2.90 bits per heavy atom. The van der Waals surface area contributed by atoms with E-state index in [0.29, 0.717) is 5.69 Å². The fraction of sp³-hybridized carbons (Fsp3) is 0. The van der Waals surface area contributed by atoms with Crippen LogP contribution in [0.1, 0.15) is 10.4 Å². The van der Waals surface area contributed by atoms with Gasteiger partial charge < -0.3 is 5.32 Å². The lowest BCUT2D eigenvalue weighted by Gasteiger charge is -2.06. The summed E-state index contributed by atoms with van der Waals surface area (Å²) in [7, 11) is 0. The van der Waals surface area contributed by atoms with Crippen LogP contribution in [0.15, 0.2) is 29.8 Å². The molecule has 0 unspecified atom stereocenters. The third kappa shape index (κ3) is 2.58. The van der Waals surface area contributed by atoms with Crippen molar-refractivity contribution in [2.24, 2.45) is 0 Å². The molecule has 0 atom stereocenters. The Labute approximate surface area is 127 Å². The molecule has 3 aromatic rings. The number of fused-ring (bicyclic) bond motifs is 1. The average Bonchev–Trinajstić information content (AvgIpc) is 2.89. The normalized spacial score (nSPS) is 10.7. The van der Waals surface area contributed by atoms with Gasteiger partial charge in [-0.3, -0.25) is 4.79 Å². The van der Waals surface area contributed by atoms with Crippen LogP contribution in [-0.2, 0) is 0 Å². The van der Waals surface area contributed by atoms with Crippen LogP contribution < -0.4 is 5.32 Å². The molecule has 0 bridgehead atoms. The van der Waals surface area contributed by atoms with Gasteiger partial charge in [0.05, 0.1) is 21.3 Å². The van der Waals surface area contributed by atoms with Gasteiger partial charge in [-0.25, -0.2) is 4.98 Å². The quantitative estimate of drug-likeness (QED) is 0.781. The molecule has 0 saturated carbocycles. The van der Waals surface area contributed by atoms with Crippen LogP contribution >= 0.6 is 34.5 Å². The van der Waals surface area contributed by atoms with E-state index in [1.807, 2.05) is 12.1 Å². The van der Waals surface area contributed by atoms with E-state index in [-0.39, 0.29) is 15.9 Å². The van der Waals surface area contributed by atoms with Crippen LogP contribution in [0.5, 0.6) is 0 Å². The lowest BCUT2D eigenvalue weighted by atomic mass is 10.2. The van der Waals surface area contributed by atoms with Crippen molar-refractivity contribution in [2.45, 2.75) is 0 Å². The van der Waals surface area contributed by atoms with E-state index in [1.54, 1.807) is 11.6 Å². The van der Waals surface area contributed by atoms with Crippen molar-refractivity contribution in [3.8, 4) is 0 Å². The van der Waals surface area contributed by atoms with Gasteiger partial charge in [-0.2, -0.15) is 0 Å². The fourth-order valence-electron chi connectivity index (χ4n) is 1.64. The maximum absolute atomic E-state index is 12.1. The molecule has 1 aromatic carbocycles. The summed E-state index contributed by atoms with van der Waals surface area (Å²) in [6.45, 7) is 0. The molecule has 0 radical (unpaired) electrons. The summed E-state index contributed by atoms with van der Waals surface area (Å²) in [6.07, 6.45) is 0. The molecule has 2 heterocycles. The highest BCUT2D eigenvalue weighted by atomic mass is 35.5. The smallest absolute Gasteiger partial charge is 0.258 e. The van der Waals surface area contributed by atoms with E-state index in [4.69, 9.17) is 23.2 Å². The highest BCUT2D eigenvalue weighted by Crippen LogP contribution is 2.23. The van der Waals surface area contributed by atoms with Crippen molar-refractivity contribution in [1.82, 2.24) is 15.2 Å². The van der Waals surface area contributed by atoms with Gasteiger partial charge >= 0.3 is 0 Å². The molecule has 0 saturated heterocycles. The highest BCUT2D eigenvalue weighted by Gasteiger charge is 2.13. The van der Waals surface area contributed by atoms with Crippen molar-refractivity contribution >= 4 is 56.3 Å². The Balaban J connectivity index is 1.89. The number of hydrogen-bond acceptors (Lipinski definition) is 5. The number of halogens is 2. The number of nitrogens with zero attached hydrogens (tertiary/aromatic N) is 3. The summed E-state index contributed by atoms with van der Waals surface area (Å²) >= 11 is 13.0. The van der Waals surface area contributed by atoms with Gasteiger partial charge in [0.1, 0.15) is 0 Å². The zero-order chi connectivity index (χ0) is 14.1. The second kappa shape index (κ2) is 5.32. The molecular formula is C12H6Cl2N4OS. The average molecular weight is 325 g/mol. The minimum absolute atomic E-state index is 0.00534. The highest BCUT2D eigenvalue weighted by molar-refractivity contribution is 7.16. The van der Waals surface area contributed by atoms with Gasteiger partial charge in [0.15, 0.2) is 10.3 Å². The molecule has 20 heavy (non-hydrogen) atoms. The van der Waals surface area contributed by atoms with Crippen LogP contribution in [0.3, 0.4) is 0 Å². The molecule has 100 valence electrons. The summed E-state index contributed by atoms with van der Waals surface area (Å²) in [6, 6.07) is 6.82. The summed E-state index contributed by atoms with van der Waals surface area (Å²) in [4.78, 5) is 16.3. The van der Waals surface area contributed by atoms with Crippen LogP contribution in [0.25, 0.3) is 10.2 Å². The first-order valence-electron chi connectivity index (χ1n) is 5.47. The number of anilines is 1. The second-order valence-corrected chi connectivity index (χ2v) is 5.49. The summed E-state index contributed by atoms with van der Waals surface area (Å²) < 4.78 is 0.986. The monoisotopic (exact) mass is 324 g/mol. The van der Waals surface area contributed by atoms with Crippen molar-refractivity contribution < 1.29 is 4.79 Å². The number of benzene rings is 1. The topological polar surface area (TPSA) is 67.8 Å². The van der Waals surface area contributed by atoms with Crippen LogP contribution in [0, 0.1) is 0 Å². The molecule has 0 aliphatic heterocycles. The van der Waals surface area contributed by atoms with E-state index in [2.05, 4.69) is 20.5 Å². The van der Waals surface area contributed by atoms with E-state index in [0.717, 1.165) is 10.2 Å². The van der Waals surface area contributed by atoms with Gasteiger partial charge in [0, 0.05) is 5.69 Å². The van der Waals surface area contributed by atoms with Crippen molar-refractivity contribution in [3.05, 3.63) is 45.6 Å². The van der Waals surface area contributed by atoms with E-state index in [1.165, 1.54) is 17.4 Å². The van der Waals surface area contributed by atoms with E-state index >= 15 is 0 Å². The second-order valence-electron chi connectivity index (χ2n) is 3.86. The van der Waals surface area contributed by atoms with Crippen molar-refractivity contribution in [2.75, 3.05) is 5.32 Å². The van der Waals surface area contributed by atoms with E-state index in [9.17, 15) is 4.79 Å². The Morgan fingerprint density at radius 2 is 2.05 bits per heavy atom. The predicted molar refractivity (Wildman–Crippen MR) is 79.6 cm³/mol. The number of aromatic nitrogens is 3. The molecule has 3 rings (SSSR count). The molecule has 1 N–H and O–H groups in total. The van der Waals surface area contributed by atoms with Gasteiger partial charge in [0.2, 0.25) is 0 Å². The standard InChI is InChI=1S/C12H6Cl2N4OS/c13-10-4-7(11(14)18-17-10)12(19)16-6-1-2-8-9(3-6)20-5-15-8/h1-5H,(H,16,19). The third-order valence-corrected chi connectivity index (χ3v) is 3.81. The number of carbonyl (C=O) groups is 1. The third-order valence-electron chi connectivity index (χ3n) is 2.55. The first-order chi connectivity index (χ1) is 9.63. The minimum Gasteiger partial charge on any atom is -0.322 e. The lowest BCUT2D eigenvalue weighted by Crippen LogP contribution is -2.13. The number of hydrogen-bond donors (Lipinski definition) is 1. The van der Waals surface area contributed by atoms with Gasteiger partial charge in [0.25, 0.3) is 5.91 Å². The zero-order valence-corrected chi connectivity index (χ0v) is 12.1. The number of carbonyl (C=O) groups excluding carboxylic acids is 1. The number of nitrogens with one attached hydrogen (secondary N) is 1. The molecule has 1 amide bonds. The SMILES string of the molecule is O=C(Nc1ccc2ncsc2c1)c1cc(Cl)nnc1Cl. The van der Waals surface area contributed by atoms with Crippen LogP contribution in [0.4, 0.5) is 5.69 Å². The summed E-state index contributed by atoms with van der Waals surface area (Å²) in [5.41, 5.74) is 3.46. The van der Waals surface area contributed by atoms with Gasteiger partial charge in [-0.05, 0) is 24.3 Å². The predicted octanol–water partition coefficient (Wildman–Crippen LogP) is 3.65. The largest absolute Gasteiger partial charge is 0.322 e. The Bertz CT molecular complexity index is 805. The first-order valence-corrected chi connectivity index (χ1v) is 7.10. The number of amides is 1. The molecular weight excluding hydrogens is 319 g/mol. The van der Waals surface area contributed by atoms with Crippen molar-refractivity contribution in [1.29, 1.82) is 0 Å². The molecule has 5 nitrogen and oxygen atoms in total. The lowest BCUT2D eigenvalue weighted by molar-refractivity contribution is 0.102. The Hall–Kier alpha value is -1.76. The molecule has 0 aliphatic carbocycles. The van der Waals surface area contributed by atoms with Crippen LogP contribution in [0.2, 0.25) is 10.3 Å². The molecule has 2 aromatic heterocycles. The van der Waals surface area contributed by atoms with Crippen molar-refractivity contribution in [3.63, 3.8) is 0 Å². The molecule has 0 aliphatic rings. The minimum atomic E-state index is -0.393.